The summed E-state index contributed by atoms with van der Waals surface area (Å²) in [5.41, 5.74) is 2.33. The number of fused-ring (bicyclic) bond motifs is 2. The zero-order valence-corrected chi connectivity index (χ0v) is 28.2. The smallest absolute Gasteiger partial charge is 0.296 e. The van der Waals surface area contributed by atoms with Gasteiger partial charge in [0, 0.05) is 20.9 Å². The van der Waals surface area contributed by atoms with Crippen LogP contribution in [0.4, 0.5) is 22.7 Å². The molecule has 0 fully saturated rings. The number of rotatable bonds is 8. The summed E-state index contributed by atoms with van der Waals surface area (Å²) in [4.78, 5) is 29.4. The lowest BCUT2D eigenvalue weighted by molar-refractivity contribution is 0.0980. The zero-order valence-electron chi connectivity index (χ0n) is 25.7. The highest BCUT2D eigenvalue weighted by Gasteiger charge is 2.35. The highest BCUT2D eigenvalue weighted by atomic mass is 32.2. The normalized spacial score (nSPS) is 12.8. The SMILES string of the molecule is Cc1ccc(Sc2ccc3c(c2)C(=O)c2c(Nc4ccc(C)cc4S(=O)(=O)O)ccc(Nc4ccc(C)cc4S(=O)(=O)O)c2C3=O)cc1. The van der Waals surface area contributed by atoms with Gasteiger partial charge in [-0.1, -0.05) is 41.6 Å². The van der Waals surface area contributed by atoms with Crippen LogP contribution in [0.3, 0.4) is 0 Å². The van der Waals surface area contributed by atoms with Gasteiger partial charge in [0.15, 0.2) is 11.6 Å². The minimum Gasteiger partial charge on any atom is -0.354 e. The molecule has 0 aliphatic heterocycles. The third-order valence-electron chi connectivity index (χ3n) is 7.77. The molecule has 0 saturated heterocycles. The summed E-state index contributed by atoms with van der Waals surface area (Å²) in [5, 5.41) is 5.85. The molecule has 13 heteroatoms. The number of benzene rings is 5. The van der Waals surface area contributed by atoms with Crippen LogP contribution in [0, 0.1) is 20.8 Å². The van der Waals surface area contributed by atoms with Crippen LogP contribution >= 0.6 is 11.8 Å². The minimum atomic E-state index is -4.69. The summed E-state index contributed by atoms with van der Waals surface area (Å²) in [6, 6.07) is 24.2. The van der Waals surface area contributed by atoms with E-state index >= 15 is 0 Å². The first-order valence-corrected chi connectivity index (χ1v) is 18.1. The molecule has 0 amide bonds. The molecule has 244 valence electrons. The van der Waals surface area contributed by atoms with Crippen LogP contribution in [0.2, 0.25) is 0 Å². The Balaban J connectivity index is 1.52. The standard InChI is InChI=1S/C35H28N2O8S3/c1-19-4-8-22(9-5-19)46-23-10-11-24-25(18-23)35(39)33-29(37-27-13-7-21(3)17-31(27)48(43,44)45)15-14-28(32(33)34(24)38)36-26-12-6-20(2)16-30(26)47(40,41)42/h4-18,36-37H,1-3H3,(H,40,41,42)(H,43,44,45). The largest absolute Gasteiger partial charge is 0.354 e. The lowest BCUT2D eigenvalue weighted by Crippen LogP contribution is -2.24. The second-order valence-electron chi connectivity index (χ2n) is 11.4. The van der Waals surface area contributed by atoms with Gasteiger partial charge in [-0.3, -0.25) is 18.7 Å². The van der Waals surface area contributed by atoms with Crippen LogP contribution in [0.1, 0.15) is 48.5 Å². The summed E-state index contributed by atoms with van der Waals surface area (Å²) in [5.74, 6) is -1.09. The second-order valence-corrected chi connectivity index (χ2v) is 15.3. The molecule has 1 aliphatic carbocycles. The van der Waals surface area contributed by atoms with E-state index in [9.17, 15) is 35.5 Å². The van der Waals surface area contributed by atoms with E-state index in [1.54, 1.807) is 44.2 Å². The van der Waals surface area contributed by atoms with Crippen LogP contribution in [-0.2, 0) is 20.2 Å². The highest BCUT2D eigenvalue weighted by Crippen LogP contribution is 2.41. The molecule has 6 rings (SSSR count). The number of aryl methyl sites for hydroxylation is 3. The van der Waals surface area contributed by atoms with Crippen molar-refractivity contribution in [2.45, 2.75) is 40.4 Å². The Morgan fingerprint density at radius 2 is 0.917 bits per heavy atom. The highest BCUT2D eigenvalue weighted by molar-refractivity contribution is 7.99. The number of anilines is 4. The van der Waals surface area contributed by atoms with E-state index in [0.717, 1.165) is 10.5 Å². The van der Waals surface area contributed by atoms with Gasteiger partial charge in [0.1, 0.15) is 9.79 Å². The molecule has 0 atom stereocenters. The molecular formula is C35H28N2O8S3. The van der Waals surface area contributed by atoms with Crippen molar-refractivity contribution in [2.75, 3.05) is 10.6 Å². The van der Waals surface area contributed by atoms with Crippen molar-refractivity contribution in [1.82, 2.24) is 0 Å². The molecule has 5 aromatic carbocycles. The lowest BCUT2D eigenvalue weighted by Gasteiger charge is -2.25. The van der Waals surface area contributed by atoms with E-state index in [4.69, 9.17) is 0 Å². The van der Waals surface area contributed by atoms with Gasteiger partial charge >= 0.3 is 0 Å². The zero-order chi connectivity index (χ0) is 34.5. The Bertz CT molecular complexity index is 2390. The van der Waals surface area contributed by atoms with Gasteiger partial charge in [-0.05, 0) is 98.6 Å². The summed E-state index contributed by atoms with van der Waals surface area (Å²) >= 11 is 1.41. The predicted octanol–water partition coefficient (Wildman–Crippen LogP) is 7.52. The average Bonchev–Trinajstić information content (AvgIpc) is 3.02. The van der Waals surface area contributed by atoms with Crippen molar-refractivity contribution in [3.05, 3.63) is 130 Å². The number of ketones is 2. The molecule has 0 aromatic heterocycles. The first kappa shape index (κ1) is 33.1. The van der Waals surface area contributed by atoms with E-state index in [0.29, 0.717) is 16.0 Å². The Hall–Kier alpha value is -4.79. The lowest BCUT2D eigenvalue weighted by atomic mass is 9.82. The molecule has 0 unspecified atom stereocenters. The first-order chi connectivity index (χ1) is 22.6. The topological polar surface area (TPSA) is 167 Å². The van der Waals surface area contributed by atoms with Gasteiger partial charge in [-0.15, -0.1) is 0 Å². The number of hydrogen-bond donors (Lipinski definition) is 4. The van der Waals surface area contributed by atoms with Gasteiger partial charge in [0.05, 0.1) is 33.9 Å². The van der Waals surface area contributed by atoms with Gasteiger partial charge in [-0.2, -0.15) is 16.8 Å². The fraction of sp³-hybridized carbons (Fsp3) is 0.0857. The Labute approximate surface area is 281 Å². The van der Waals surface area contributed by atoms with E-state index in [2.05, 4.69) is 10.6 Å². The van der Waals surface area contributed by atoms with Crippen LogP contribution in [-0.4, -0.2) is 37.5 Å². The molecule has 10 nitrogen and oxygen atoms in total. The van der Waals surface area contributed by atoms with Crippen LogP contribution < -0.4 is 10.6 Å². The Kier molecular flexibility index (Phi) is 8.52. The third-order valence-corrected chi connectivity index (χ3v) is 10.5. The number of carbonyl (C=O) groups excluding carboxylic acids is 2. The van der Waals surface area contributed by atoms with Gasteiger partial charge in [0.25, 0.3) is 20.2 Å². The monoisotopic (exact) mass is 700 g/mol. The van der Waals surface area contributed by atoms with Crippen LogP contribution in [0.5, 0.6) is 0 Å². The minimum absolute atomic E-state index is 0.0332. The first-order valence-electron chi connectivity index (χ1n) is 14.5. The molecular weight excluding hydrogens is 673 g/mol. The number of nitrogens with one attached hydrogen (secondary N) is 2. The van der Waals surface area contributed by atoms with Crippen molar-refractivity contribution >= 4 is 66.3 Å². The molecule has 4 N–H and O–H groups in total. The summed E-state index contributed by atoms with van der Waals surface area (Å²) in [6.07, 6.45) is 0. The van der Waals surface area contributed by atoms with Crippen LogP contribution in [0.25, 0.3) is 0 Å². The van der Waals surface area contributed by atoms with Crippen molar-refractivity contribution in [1.29, 1.82) is 0 Å². The molecule has 0 saturated carbocycles. The maximum atomic E-state index is 14.4. The molecule has 5 aromatic rings. The van der Waals surface area contributed by atoms with Gasteiger partial charge in [0.2, 0.25) is 0 Å². The number of hydrogen-bond acceptors (Lipinski definition) is 9. The van der Waals surface area contributed by atoms with Crippen molar-refractivity contribution in [2.24, 2.45) is 0 Å². The number of carbonyl (C=O) groups is 2. The fourth-order valence-corrected chi connectivity index (χ4v) is 7.77. The summed E-state index contributed by atoms with van der Waals surface area (Å²) in [7, 11) is -9.37. The van der Waals surface area contributed by atoms with Crippen molar-refractivity contribution in [3.8, 4) is 0 Å². The maximum absolute atomic E-state index is 14.4. The fourth-order valence-electron chi connectivity index (χ4n) is 5.45. The van der Waals surface area contributed by atoms with E-state index in [1.165, 1.54) is 48.2 Å². The van der Waals surface area contributed by atoms with Gasteiger partial charge < -0.3 is 10.6 Å². The summed E-state index contributed by atoms with van der Waals surface area (Å²) < 4.78 is 68.9. The Morgan fingerprint density at radius 1 is 0.500 bits per heavy atom. The third kappa shape index (κ3) is 6.50. The van der Waals surface area contributed by atoms with E-state index in [-0.39, 0.29) is 45.0 Å². The molecule has 0 spiro atoms. The van der Waals surface area contributed by atoms with Gasteiger partial charge in [-0.25, -0.2) is 0 Å². The van der Waals surface area contributed by atoms with Crippen LogP contribution in [0.15, 0.2) is 111 Å². The molecule has 48 heavy (non-hydrogen) atoms. The van der Waals surface area contributed by atoms with E-state index in [1.807, 2.05) is 31.2 Å². The van der Waals surface area contributed by atoms with E-state index < -0.39 is 41.6 Å². The molecule has 0 bridgehead atoms. The van der Waals surface area contributed by atoms with Crippen molar-refractivity contribution < 1.29 is 35.5 Å². The molecule has 0 radical (unpaired) electrons. The second kappa shape index (κ2) is 12.3. The Morgan fingerprint density at radius 3 is 1.40 bits per heavy atom. The summed E-state index contributed by atoms with van der Waals surface area (Å²) in [6.45, 7) is 5.27. The quantitative estimate of drug-likeness (QED) is 0.116. The van der Waals surface area contributed by atoms with Crippen molar-refractivity contribution in [3.63, 3.8) is 0 Å². The molecule has 1 aliphatic rings. The molecule has 0 heterocycles. The maximum Gasteiger partial charge on any atom is 0.296 e. The predicted molar refractivity (Wildman–Crippen MR) is 184 cm³/mol. The average molecular weight is 701 g/mol.